The van der Waals surface area contributed by atoms with Crippen molar-refractivity contribution in [3.8, 4) is 0 Å². The monoisotopic (exact) mass is 484 g/mol. The molecule has 0 aliphatic carbocycles. The summed E-state index contributed by atoms with van der Waals surface area (Å²) in [7, 11) is 1.82. The highest BCUT2D eigenvalue weighted by molar-refractivity contribution is 14.0. The summed E-state index contributed by atoms with van der Waals surface area (Å²) in [6, 6.07) is 1.12. The normalized spacial score (nSPS) is 16.2. The van der Waals surface area contributed by atoms with Gasteiger partial charge in [0.2, 0.25) is 0 Å². The molecule has 0 radical (unpaired) electrons. The Labute approximate surface area is 177 Å². The predicted molar refractivity (Wildman–Crippen MR) is 121 cm³/mol. The molecular formula is C19H41IN4O2. The summed E-state index contributed by atoms with van der Waals surface area (Å²) in [5, 5.41) is 6.76. The second kappa shape index (κ2) is 15.9. The molecule has 0 saturated carbocycles. The Hall–Kier alpha value is -0.120. The van der Waals surface area contributed by atoms with Gasteiger partial charge >= 0.3 is 0 Å². The van der Waals surface area contributed by atoms with Crippen molar-refractivity contribution in [3.63, 3.8) is 0 Å². The van der Waals surface area contributed by atoms with Crippen LogP contribution in [0.25, 0.3) is 0 Å². The fraction of sp³-hybridized carbons (Fsp3) is 0.947. The SMILES string of the molecule is CN=C(NCCCOCC1CCOCC1)NCCN(C(C)C)C(C)C.I. The maximum Gasteiger partial charge on any atom is 0.191 e. The van der Waals surface area contributed by atoms with E-state index in [1.165, 1.54) is 0 Å². The molecule has 6 nitrogen and oxygen atoms in total. The molecule has 1 fully saturated rings. The van der Waals surface area contributed by atoms with Crippen LogP contribution < -0.4 is 10.6 Å². The number of hydrogen-bond donors (Lipinski definition) is 2. The molecule has 1 aliphatic rings. The average molecular weight is 484 g/mol. The third-order valence-corrected chi connectivity index (χ3v) is 4.66. The van der Waals surface area contributed by atoms with Crippen LogP contribution in [0.2, 0.25) is 0 Å². The number of aliphatic imine (C=N–C) groups is 1. The van der Waals surface area contributed by atoms with Gasteiger partial charge in [-0.15, -0.1) is 24.0 Å². The Balaban J connectivity index is 0.00000625. The molecule has 0 atom stereocenters. The lowest BCUT2D eigenvalue weighted by Gasteiger charge is -2.30. The van der Waals surface area contributed by atoms with Gasteiger partial charge in [-0.1, -0.05) is 0 Å². The summed E-state index contributed by atoms with van der Waals surface area (Å²) < 4.78 is 11.2. The molecule has 1 heterocycles. The van der Waals surface area contributed by atoms with Gasteiger partial charge in [0.15, 0.2) is 5.96 Å². The number of rotatable bonds is 11. The molecule has 0 aromatic carbocycles. The quantitative estimate of drug-likeness (QED) is 0.205. The van der Waals surface area contributed by atoms with Crippen molar-refractivity contribution in [2.24, 2.45) is 10.9 Å². The van der Waals surface area contributed by atoms with Crippen molar-refractivity contribution in [2.75, 3.05) is 53.1 Å². The van der Waals surface area contributed by atoms with E-state index < -0.39 is 0 Å². The van der Waals surface area contributed by atoms with Gasteiger partial charge in [0.25, 0.3) is 0 Å². The van der Waals surface area contributed by atoms with Crippen LogP contribution >= 0.6 is 24.0 Å². The van der Waals surface area contributed by atoms with Crippen molar-refractivity contribution in [1.82, 2.24) is 15.5 Å². The van der Waals surface area contributed by atoms with Crippen molar-refractivity contribution in [1.29, 1.82) is 0 Å². The Morgan fingerprint density at radius 1 is 1.12 bits per heavy atom. The number of guanidine groups is 1. The van der Waals surface area contributed by atoms with E-state index in [0.717, 1.165) is 71.3 Å². The first-order valence-corrected chi connectivity index (χ1v) is 9.90. The van der Waals surface area contributed by atoms with Crippen LogP contribution in [0.5, 0.6) is 0 Å². The molecule has 1 rings (SSSR count). The first-order chi connectivity index (χ1) is 12.0. The highest BCUT2D eigenvalue weighted by Crippen LogP contribution is 2.14. The van der Waals surface area contributed by atoms with Crippen LogP contribution in [0.4, 0.5) is 0 Å². The van der Waals surface area contributed by atoms with Gasteiger partial charge in [0.1, 0.15) is 0 Å². The lowest BCUT2D eigenvalue weighted by Crippen LogP contribution is -2.45. The van der Waals surface area contributed by atoms with E-state index in [1.54, 1.807) is 0 Å². The van der Waals surface area contributed by atoms with Gasteiger partial charge in [-0.05, 0) is 52.9 Å². The van der Waals surface area contributed by atoms with Gasteiger partial charge < -0.3 is 20.1 Å². The predicted octanol–water partition coefficient (Wildman–Crippen LogP) is 2.72. The van der Waals surface area contributed by atoms with Crippen molar-refractivity contribution < 1.29 is 9.47 Å². The van der Waals surface area contributed by atoms with E-state index in [2.05, 4.69) is 48.2 Å². The molecule has 0 aromatic rings. The molecule has 0 amide bonds. The molecule has 0 bridgehead atoms. The number of nitrogens with one attached hydrogen (secondary N) is 2. The van der Waals surface area contributed by atoms with Crippen molar-refractivity contribution in [3.05, 3.63) is 0 Å². The van der Waals surface area contributed by atoms with Gasteiger partial charge in [-0.3, -0.25) is 9.89 Å². The second-order valence-electron chi connectivity index (χ2n) is 7.34. The minimum Gasteiger partial charge on any atom is -0.381 e. The molecule has 0 spiro atoms. The van der Waals surface area contributed by atoms with Gasteiger partial charge in [0.05, 0.1) is 0 Å². The first-order valence-electron chi connectivity index (χ1n) is 9.90. The zero-order valence-corrected chi connectivity index (χ0v) is 19.8. The van der Waals surface area contributed by atoms with E-state index in [4.69, 9.17) is 9.47 Å². The molecule has 7 heteroatoms. The highest BCUT2D eigenvalue weighted by Gasteiger charge is 2.14. The fourth-order valence-corrected chi connectivity index (χ4v) is 3.18. The molecule has 156 valence electrons. The molecule has 26 heavy (non-hydrogen) atoms. The largest absolute Gasteiger partial charge is 0.381 e. The minimum absolute atomic E-state index is 0. The molecular weight excluding hydrogens is 443 g/mol. The van der Waals surface area contributed by atoms with Crippen LogP contribution in [0, 0.1) is 5.92 Å². The number of halogens is 1. The lowest BCUT2D eigenvalue weighted by atomic mass is 10.0. The van der Waals surface area contributed by atoms with Crippen LogP contribution in [0.1, 0.15) is 47.0 Å². The molecule has 1 aliphatic heterocycles. The first kappa shape index (κ1) is 25.9. The second-order valence-corrected chi connectivity index (χ2v) is 7.34. The lowest BCUT2D eigenvalue weighted by molar-refractivity contribution is 0.0203. The molecule has 0 aromatic heterocycles. The molecule has 1 saturated heterocycles. The third kappa shape index (κ3) is 11.6. The topological polar surface area (TPSA) is 58.1 Å². The zero-order valence-electron chi connectivity index (χ0n) is 17.4. The summed E-state index contributed by atoms with van der Waals surface area (Å²) in [5.41, 5.74) is 0. The third-order valence-electron chi connectivity index (χ3n) is 4.66. The Morgan fingerprint density at radius 2 is 1.73 bits per heavy atom. The number of nitrogens with zero attached hydrogens (tertiary/aromatic N) is 2. The van der Waals surface area contributed by atoms with E-state index in [0.29, 0.717) is 18.0 Å². The van der Waals surface area contributed by atoms with Gasteiger partial charge in [0, 0.05) is 65.2 Å². The fourth-order valence-electron chi connectivity index (χ4n) is 3.18. The Morgan fingerprint density at radius 3 is 2.31 bits per heavy atom. The van der Waals surface area contributed by atoms with Crippen LogP contribution in [0.15, 0.2) is 4.99 Å². The summed E-state index contributed by atoms with van der Waals surface area (Å²) in [4.78, 5) is 6.76. The standard InChI is InChI=1S/C19H40N4O2.HI/c1-16(2)23(17(3)4)11-10-22-19(20-5)21-9-6-12-25-15-18-7-13-24-14-8-18;/h16-18H,6-15H2,1-5H3,(H2,20,21,22);1H. The molecule has 2 N–H and O–H groups in total. The van der Waals surface area contributed by atoms with Crippen LogP contribution in [-0.2, 0) is 9.47 Å². The summed E-state index contributed by atoms with van der Waals surface area (Å²) in [6.07, 6.45) is 3.27. The minimum atomic E-state index is 0. The number of ether oxygens (including phenoxy) is 2. The average Bonchev–Trinajstić information content (AvgIpc) is 2.59. The summed E-state index contributed by atoms with van der Waals surface area (Å²) in [6.45, 7) is 15.2. The summed E-state index contributed by atoms with van der Waals surface area (Å²) in [5.74, 6) is 1.55. The highest BCUT2D eigenvalue weighted by atomic mass is 127. The van der Waals surface area contributed by atoms with E-state index >= 15 is 0 Å². The zero-order chi connectivity index (χ0) is 18.5. The van der Waals surface area contributed by atoms with E-state index in [-0.39, 0.29) is 24.0 Å². The summed E-state index contributed by atoms with van der Waals surface area (Å²) >= 11 is 0. The smallest absolute Gasteiger partial charge is 0.191 e. The Kier molecular flexibility index (Phi) is 15.8. The Bertz CT molecular complexity index is 353. The van der Waals surface area contributed by atoms with Crippen LogP contribution in [0.3, 0.4) is 0 Å². The molecule has 0 unspecified atom stereocenters. The van der Waals surface area contributed by atoms with E-state index in [1.807, 2.05) is 7.05 Å². The van der Waals surface area contributed by atoms with Crippen LogP contribution in [-0.4, -0.2) is 76.1 Å². The van der Waals surface area contributed by atoms with Crippen molar-refractivity contribution in [2.45, 2.75) is 59.0 Å². The van der Waals surface area contributed by atoms with Gasteiger partial charge in [-0.2, -0.15) is 0 Å². The maximum absolute atomic E-state index is 5.79. The number of hydrogen-bond acceptors (Lipinski definition) is 4. The van der Waals surface area contributed by atoms with E-state index in [9.17, 15) is 0 Å². The van der Waals surface area contributed by atoms with Crippen molar-refractivity contribution >= 4 is 29.9 Å². The van der Waals surface area contributed by atoms with Gasteiger partial charge in [-0.25, -0.2) is 0 Å². The maximum atomic E-state index is 5.79.